The van der Waals surface area contributed by atoms with E-state index in [1.165, 1.54) is 5.56 Å². The zero-order valence-electron chi connectivity index (χ0n) is 17.4. The molecule has 2 nitrogen and oxygen atoms in total. The number of piperidine rings is 3. The molecule has 5 heteroatoms. The zero-order valence-corrected chi connectivity index (χ0v) is 17.4. The summed E-state index contributed by atoms with van der Waals surface area (Å²) in [5, 5.41) is 1.16. The van der Waals surface area contributed by atoms with Gasteiger partial charge in [-0.25, -0.2) is 13.2 Å². The summed E-state index contributed by atoms with van der Waals surface area (Å²) in [6, 6.07) is 12.9. The summed E-state index contributed by atoms with van der Waals surface area (Å²) in [5.74, 6) is -2.63. The highest BCUT2D eigenvalue weighted by atomic mass is 19.2. The molecule has 0 N–H and O–H groups in total. The monoisotopic (exact) mass is 423 g/mol. The van der Waals surface area contributed by atoms with Crippen molar-refractivity contribution in [3.05, 3.63) is 89.9 Å². The Labute approximate surface area is 180 Å². The van der Waals surface area contributed by atoms with Gasteiger partial charge >= 0.3 is 0 Å². The second-order valence-corrected chi connectivity index (χ2v) is 9.19. The van der Waals surface area contributed by atoms with Gasteiger partial charge in [-0.15, -0.1) is 6.58 Å². The van der Waals surface area contributed by atoms with Crippen molar-refractivity contribution in [2.24, 2.45) is 11.8 Å². The second-order valence-electron chi connectivity index (χ2n) is 9.19. The third-order valence-corrected chi connectivity index (χ3v) is 7.51. The Morgan fingerprint density at radius 1 is 1.10 bits per heavy atom. The van der Waals surface area contributed by atoms with Gasteiger partial charge in [-0.1, -0.05) is 24.3 Å². The van der Waals surface area contributed by atoms with Gasteiger partial charge in [0.1, 0.15) is 6.54 Å². The third-order valence-electron chi connectivity index (χ3n) is 7.51. The average Bonchev–Trinajstić information content (AvgIpc) is 2.78. The van der Waals surface area contributed by atoms with E-state index in [-0.39, 0.29) is 0 Å². The van der Waals surface area contributed by atoms with Crippen molar-refractivity contribution in [2.75, 3.05) is 13.1 Å². The van der Waals surface area contributed by atoms with Crippen LogP contribution in [0.15, 0.2) is 61.3 Å². The Hall–Kier alpha value is -2.66. The molecular formula is C26H26F3N2+. The van der Waals surface area contributed by atoms with E-state index >= 15 is 0 Å². The van der Waals surface area contributed by atoms with E-state index in [1.807, 2.05) is 30.5 Å². The lowest BCUT2D eigenvalue weighted by atomic mass is 9.72. The molecule has 0 spiro atoms. The van der Waals surface area contributed by atoms with Crippen LogP contribution in [0.25, 0.3) is 10.9 Å². The minimum atomic E-state index is -1.40. The van der Waals surface area contributed by atoms with Crippen LogP contribution >= 0.6 is 0 Å². The minimum Gasteiger partial charge on any atom is -0.317 e. The average molecular weight is 424 g/mol. The van der Waals surface area contributed by atoms with Crippen LogP contribution in [0.3, 0.4) is 0 Å². The Kier molecular flexibility index (Phi) is 5.09. The first kappa shape index (κ1) is 20.3. The molecule has 3 fully saturated rings. The highest BCUT2D eigenvalue weighted by Gasteiger charge is 2.51. The molecule has 0 amide bonds. The van der Waals surface area contributed by atoms with Gasteiger partial charge in [0.25, 0.3) is 0 Å². The van der Waals surface area contributed by atoms with Gasteiger partial charge in [-0.05, 0) is 35.7 Å². The Morgan fingerprint density at radius 2 is 1.87 bits per heavy atom. The van der Waals surface area contributed by atoms with Crippen LogP contribution < -0.4 is 0 Å². The van der Waals surface area contributed by atoms with Gasteiger partial charge < -0.3 is 4.48 Å². The van der Waals surface area contributed by atoms with E-state index in [9.17, 15) is 13.2 Å². The van der Waals surface area contributed by atoms with E-state index in [1.54, 1.807) is 0 Å². The Morgan fingerprint density at radius 3 is 2.65 bits per heavy atom. The van der Waals surface area contributed by atoms with E-state index in [0.29, 0.717) is 30.0 Å². The molecule has 1 aromatic heterocycles. The largest absolute Gasteiger partial charge is 0.317 e. The minimum absolute atomic E-state index is 0.330. The van der Waals surface area contributed by atoms with Crippen LogP contribution in [-0.4, -0.2) is 28.6 Å². The van der Waals surface area contributed by atoms with Gasteiger partial charge in [-0.3, -0.25) is 4.98 Å². The molecule has 160 valence electrons. The predicted octanol–water partition coefficient (Wildman–Crippen LogP) is 5.81. The Balaban J connectivity index is 1.52. The lowest BCUT2D eigenvalue weighted by Gasteiger charge is -2.57. The van der Waals surface area contributed by atoms with E-state index in [2.05, 4.69) is 23.7 Å². The van der Waals surface area contributed by atoms with Crippen molar-refractivity contribution in [1.29, 1.82) is 0 Å². The summed E-state index contributed by atoms with van der Waals surface area (Å²) in [6.45, 7) is 6.41. The van der Waals surface area contributed by atoms with E-state index in [4.69, 9.17) is 0 Å². The molecule has 3 aliphatic heterocycles. The first-order valence-electron chi connectivity index (χ1n) is 10.9. The number of benzene rings is 2. The van der Waals surface area contributed by atoms with Gasteiger partial charge in [0.2, 0.25) is 0 Å². The normalized spacial score (nSPS) is 27.5. The number of aromatic nitrogens is 1. The summed E-state index contributed by atoms with van der Waals surface area (Å²) in [6.07, 6.45) is 6.92. The van der Waals surface area contributed by atoms with Crippen LogP contribution in [0, 0.1) is 29.3 Å². The van der Waals surface area contributed by atoms with Crippen molar-refractivity contribution in [1.82, 2.24) is 4.98 Å². The first-order chi connectivity index (χ1) is 15.0. The zero-order chi connectivity index (χ0) is 21.6. The lowest BCUT2D eigenvalue weighted by Crippen LogP contribution is -2.66. The molecule has 3 aromatic rings. The molecule has 2 aromatic carbocycles. The number of pyridine rings is 1. The molecule has 3 aliphatic rings. The molecule has 0 saturated carbocycles. The van der Waals surface area contributed by atoms with Crippen molar-refractivity contribution >= 4 is 10.9 Å². The van der Waals surface area contributed by atoms with Crippen molar-refractivity contribution in [3.8, 4) is 0 Å². The second kappa shape index (κ2) is 7.79. The highest BCUT2D eigenvalue weighted by molar-refractivity contribution is 5.81. The molecule has 4 unspecified atom stereocenters. The van der Waals surface area contributed by atoms with Gasteiger partial charge in [0.15, 0.2) is 17.5 Å². The smallest absolute Gasteiger partial charge is 0.194 e. The van der Waals surface area contributed by atoms with Crippen LogP contribution in [0.5, 0.6) is 0 Å². The fraction of sp³-hybridized carbons (Fsp3) is 0.346. The number of hydrogen-bond donors (Lipinski definition) is 0. The fourth-order valence-electron chi connectivity index (χ4n) is 5.96. The van der Waals surface area contributed by atoms with Gasteiger partial charge in [0, 0.05) is 42.3 Å². The molecule has 0 radical (unpaired) electrons. The maximum Gasteiger partial charge on any atom is 0.194 e. The van der Waals surface area contributed by atoms with Crippen LogP contribution in [0.1, 0.15) is 24.0 Å². The number of nitrogens with zero attached hydrogens (tertiary/aromatic N) is 2. The van der Waals surface area contributed by atoms with Crippen molar-refractivity contribution in [3.63, 3.8) is 0 Å². The topological polar surface area (TPSA) is 12.9 Å². The number of rotatable bonds is 5. The van der Waals surface area contributed by atoms with E-state index < -0.39 is 17.5 Å². The fourth-order valence-corrected chi connectivity index (χ4v) is 5.96. The van der Waals surface area contributed by atoms with Gasteiger partial charge in [0.05, 0.1) is 24.6 Å². The summed E-state index contributed by atoms with van der Waals surface area (Å²) < 4.78 is 42.2. The van der Waals surface area contributed by atoms with Crippen LogP contribution in [-0.2, 0) is 13.0 Å². The Bertz CT molecular complexity index is 1120. The molecule has 31 heavy (non-hydrogen) atoms. The van der Waals surface area contributed by atoms with Crippen molar-refractivity contribution < 1.29 is 17.7 Å². The quantitative estimate of drug-likeness (QED) is 0.287. The maximum atomic E-state index is 13.9. The van der Waals surface area contributed by atoms with Gasteiger partial charge in [-0.2, -0.15) is 0 Å². The maximum absolute atomic E-state index is 13.9. The SMILES string of the molecule is C=CC1C[N+]2(Cc3cc(F)c(F)c(F)c3)CCC1CC2Cc1ccnc2ccccc12. The predicted molar refractivity (Wildman–Crippen MR) is 116 cm³/mol. The highest BCUT2D eigenvalue weighted by Crippen LogP contribution is 2.45. The molecule has 6 rings (SSSR count). The van der Waals surface area contributed by atoms with Crippen LogP contribution in [0.2, 0.25) is 0 Å². The molecular weight excluding hydrogens is 397 g/mol. The first-order valence-corrected chi connectivity index (χ1v) is 10.9. The number of para-hydroxylation sites is 1. The summed E-state index contributed by atoms with van der Waals surface area (Å²) in [5.41, 5.74) is 2.76. The summed E-state index contributed by atoms with van der Waals surface area (Å²) in [7, 11) is 0. The third kappa shape index (κ3) is 3.55. The summed E-state index contributed by atoms with van der Waals surface area (Å²) >= 11 is 0. The number of hydrogen-bond acceptors (Lipinski definition) is 1. The molecule has 2 bridgehead atoms. The standard InChI is InChI=1S/C26H26F3N2/c1-2-18-16-31(15-17-11-23(27)26(29)24(28)12-17)10-8-19(18)13-21(31)14-20-7-9-30-25-6-4-3-5-22(20)25/h2-7,9,11-12,18-19,21H,1,8,10,13-16H2/q+1. The lowest BCUT2D eigenvalue weighted by molar-refractivity contribution is -0.981. The van der Waals surface area contributed by atoms with Crippen LogP contribution in [0.4, 0.5) is 13.2 Å². The number of halogens is 3. The molecule has 4 heterocycles. The van der Waals surface area contributed by atoms with Crippen molar-refractivity contribution in [2.45, 2.75) is 31.8 Å². The number of fused-ring (bicyclic) bond motifs is 4. The molecule has 3 saturated heterocycles. The molecule has 4 atom stereocenters. The summed E-state index contributed by atoms with van der Waals surface area (Å²) in [4.78, 5) is 4.48. The molecule has 0 aliphatic carbocycles. The van der Waals surface area contributed by atoms with E-state index in [0.717, 1.165) is 59.9 Å². The number of quaternary nitrogens is 1.